The predicted molar refractivity (Wildman–Crippen MR) is 107 cm³/mol. The minimum Gasteiger partial charge on any atom is -0.340 e. The Balaban J connectivity index is 1.83. The van der Waals surface area contributed by atoms with Crippen molar-refractivity contribution in [1.29, 1.82) is 0 Å². The summed E-state index contributed by atoms with van der Waals surface area (Å²) in [6.07, 6.45) is 0. The van der Waals surface area contributed by atoms with Crippen molar-refractivity contribution in [3.05, 3.63) is 59.0 Å². The van der Waals surface area contributed by atoms with Crippen LogP contribution in [0.25, 0.3) is 10.9 Å². The molecule has 0 fully saturated rings. The maximum Gasteiger partial charge on any atom is 0.328 e. The highest BCUT2D eigenvalue weighted by Crippen LogP contribution is 2.29. The fraction of sp³-hybridized carbons (Fsp3) is 0.111. The molecule has 0 spiro atoms. The van der Waals surface area contributed by atoms with Gasteiger partial charge in [0.15, 0.2) is 0 Å². The first-order valence-electron chi connectivity index (χ1n) is 8.23. The van der Waals surface area contributed by atoms with Crippen LogP contribution < -0.4 is 15.4 Å². The van der Waals surface area contributed by atoms with Gasteiger partial charge >= 0.3 is 6.03 Å². The Morgan fingerprint density at radius 2 is 1.76 bits per heavy atom. The molecule has 3 rings (SSSR count). The van der Waals surface area contributed by atoms with Crippen LogP contribution in [0.5, 0.6) is 0 Å². The first-order chi connectivity index (χ1) is 13.6. The molecular weight excluding hydrogens is 423 g/mol. The van der Waals surface area contributed by atoms with Crippen molar-refractivity contribution < 1.29 is 22.4 Å². The summed E-state index contributed by atoms with van der Waals surface area (Å²) in [6, 6.07) is 8.60. The third kappa shape index (κ3) is 4.03. The highest BCUT2D eigenvalue weighted by molar-refractivity contribution is 7.90. The summed E-state index contributed by atoms with van der Waals surface area (Å²) in [5, 5.41) is 5.11. The molecule has 29 heavy (non-hydrogen) atoms. The molecule has 11 heteroatoms. The van der Waals surface area contributed by atoms with E-state index in [-0.39, 0.29) is 15.6 Å². The second kappa shape index (κ2) is 7.72. The topological polar surface area (TPSA) is 109 Å². The molecular formula is C18H16ClFN4O4S. The Morgan fingerprint density at radius 1 is 1.10 bits per heavy atom. The van der Waals surface area contributed by atoms with E-state index in [1.54, 1.807) is 11.6 Å². The number of carbonyl (C=O) groups excluding carboxylic acids is 2. The molecule has 0 saturated carbocycles. The average Bonchev–Trinajstić information content (AvgIpc) is 3.02. The number of nitrogens with one attached hydrogen (secondary N) is 3. The zero-order chi connectivity index (χ0) is 21.3. The number of carbonyl (C=O) groups is 2. The first kappa shape index (κ1) is 20.6. The number of nitrogens with zero attached hydrogens (tertiary/aromatic N) is 1. The molecule has 3 aromatic rings. The lowest BCUT2D eigenvalue weighted by atomic mass is 10.2. The molecule has 0 unspecified atom stereocenters. The van der Waals surface area contributed by atoms with Gasteiger partial charge in [-0.3, -0.25) is 4.79 Å². The van der Waals surface area contributed by atoms with Gasteiger partial charge in [0.25, 0.3) is 15.9 Å². The van der Waals surface area contributed by atoms with Crippen LogP contribution in [-0.2, 0) is 17.1 Å². The van der Waals surface area contributed by atoms with E-state index in [9.17, 15) is 22.4 Å². The Labute approximate surface area is 170 Å². The van der Waals surface area contributed by atoms with E-state index in [0.717, 1.165) is 0 Å². The number of anilines is 1. The largest absolute Gasteiger partial charge is 0.340 e. The highest BCUT2D eigenvalue weighted by atomic mass is 35.5. The summed E-state index contributed by atoms with van der Waals surface area (Å²) in [7, 11) is -1.10. The van der Waals surface area contributed by atoms with Crippen LogP contribution in [0.2, 0.25) is 5.02 Å². The normalized spacial score (nSPS) is 11.3. The van der Waals surface area contributed by atoms with Gasteiger partial charge < -0.3 is 15.2 Å². The number of urea groups is 1. The molecule has 3 N–H and O–H groups in total. The predicted octanol–water partition coefficient (Wildman–Crippen LogP) is 2.84. The molecule has 3 amide bonds. The second-order valence-corrected chi connectivity index (χ2v) is 8.11. The molecule has 1 heterocycles. The van der Waals surface area contributed by atoms with Crippen LogP contribution in [0.1, 0.15) is 10.5 Å². The van der Waals surface area contributed by atoms with Gasteiger partial charge in [-0.25, -0.2) is 22.3 Å². The zero-order valence-corrected chi connectivity index (χ0v) is 16.9. The summed E-state index contributed by atoms with van der Waals surface area (Å²) in [5.41, 5.74) is 1.16. The van der Waals surface area contributed by atoms with E-state index in [2.05, 4.69) is 10.6 Å². The van der Waals surface area contributed by atoms with Crippen molar-refractivity contribution in [1.82, 2.24) is 14.6 Å². The van der Waals surface area contributed by atoms with Crippen molar-refractivity contribution in [2.75, 3.05) is 12.4 Å². The van der Waals surface area contributed by atoms with Crippen LogP contribution in [0.15, 0.2) is 47.4 Å². The molecule has 0 aliphatic rings. The number of rotatable bonds is 4. The number of sulfonamides is 1. The molecule has 0 bridgehead atoms. The number of hydrogen-bond donors (Lipinski definition) is 3. The maximum atomic E-state index is 13.7. The van der Waals surface area contributed by atoms with E-state index < -0.39 is 27.8 Å². The first-order valence-corrected chi connectivity index (χ1v) is 10.1. The fourth-order valence-electron chi connectivity index (χ4n) is 2.71. The van der Waals surface area contributed by atoms with Gasteiger partial charge in [-0.1, -0.05) is 11.6 Å². The lowest BCUT2D eigenvalue weighted by molar-refractivity contribution is 0.101. The lowest BCUT2D eigenvalue weighted by Crippen LogP contribution is -2.37. The monoisotopic (exact) mass is 438 g/mol. The van der Waals surface area contributed by atoms with Gasteiger partial charge in [-0.05, 0) is 42.5 Å². The molecule has 0 radical (unpaired) electrons. The minimum atomic E-state index is -4.03. The summed E-state index contributed by atoms with van der Waals surface area (Å²) >= 11 is 5.97. The Kier molecular flexibility index (Phi) is 5.49. The van der Waals surface area contributed by atoms with Crippen molar-refractivity contribution in [3.63, 3.8) is 0 Å². The smallest absolute Gasteiger partial charge is 0.328 e. The average molecular weight is 439 g/mol. The standard InChI is InChI=1S/C18H16ClFN4O4S/c1-21-18(26)23-29(27,28)11-5-3-10(4-6-11)22-17(25)15-9-12-14(24(15)2)8-7-13(20)16(12)19/h3-9H,1-2H3,(H,22,25)(H2,21,23,26). The summed E-state index contributed by atoms with van der Waals surface area (Å²) in [5.74, 6) is -1.07. The van der Waals surface area contributed by atoms with E-state index in [1.165, 1.54) is 49.5 Å². The quantitative estimate of drug-likeness (QED) is 0.581. The molecule has 2 aromatic carbocycles. The third-order valence-electron chi connectivity index (χ3n) is 4.22. The van der Waals surface area contributed by atoms with Gasteiger partial charge in [0.05, 0.1) is 15.4 Å². The molecule has 152 valence electrons. The van der Waals surface area contributed by atoms with Gasteiger partial charge in [0.2, 0.25) is 0 Å². The van der Waals surface area contributed by atoms with Crippen molar-refractivity contribution >= 4 is 50.2 Å². The fourth-order valence-corrected chi connectivity index (χ4v) is 3.88. The Hall–Kier alpha value is -3.11. The Bertz CT molecular complexity index is 1220. The maximum absolute atomic E-state index is 13.7. The zero-order valence-electron chi connectivity index (χ0n) is 15.3. The van der Waals surface area contributed by atoms with Gasteiger partial charge in [0, 0.05) is 25.2 Å². The molecule has 0 atom stereocenters. The van der Waals surface area contributed by atoms with Crippen LogP contribution >= 0.6 is 11.6 Å². The molecule has 0 saturated heterocycles. The number of halogens is 2. The molecule has 8 nitrogen and oxygen atoms in total. The number of hydrogen-bond acceptors (Lipinski definition) is 4. The van der Waals surface area contributed by atoms with E-state index in [0.29, 0.717) is 16.6 Å². The lowest BCUT2D eigenvalue weighted by Gasteiger charge is -2.09. The van der Waals surface area contributed by atoms with Crippen LogP contribution in [0.4, 0.5) is 14.9 Å². The van der Waals surface area contributed by atoms with Crippen molar-refractivity contribution in [2.24, 2.45) is 7.05 Å². The number of fused-ring (bicyclic) bond motifs is 1. The highest BCUT2D eigenvalue weighted by Gasteiger charge is 2.19. The summed E-state index contributed by atoms with van der Waals surface area (Å²) < 4.78 is 41.2. The molecule has 0 aliphatic heterocycles. The van der Waals surface area contributed by atoms with Gasteiger partial charge in [0.1, 0.15) is 11.5 Å². The van der Waals surface area contributed by atoms with E-state index >= 15 is 0 Å². The van der Waals surface area contributed by atoms with E-state index in [1.807, 2.05) is 4.72 Å². The summed E-state index contributed by atoms with van der Waals surface area (Å²) in [6.45, 7) is 0. The SMILES string of the molecule is CNC(=O)NS(=O)(=O)c1ccc(NC(=O)c2cc3c(Cl)c(F)ccc3n2C)cc1. The molecule has 0 aliphatic carbocycles. The van der Waals surface area contributed by atoms with Gasteiger partial charge in [-0.15, -0.1) is 0 Å². The Morgan fingerprint density at radius 3 is 2.38 bits per heavy atom. The van der Waals surface area contributed by atoms with Crippen LogP contribution in [-0.4, -0.2) is 32.0 Å². The van der Waals surface area contributed by atoms with Gasteiger partial charge in [-0.2, -0.15) is 0 Å². The molecule has 1 aromatic heterocycles. The van der Waals surface area contributed by atoms with Crippen LogP contribution in [0.3, 0.4) is 0 Å². The minimum absolute atomic E-state index is 0.0738. The van der Waals surface area contributed by atoms with Crippen molar-refractivity contribution in [2.45, 2.75) is 4.90 Å². The summed E-state index contributed by atoms with van der Waals surface area (Å²) in [4.78, 5) is 23.7. The number of benzene rings is 2. The number of aryl methyl sites for hydroxylation is 1. The second-order valence-electron chi connectivity index (χ2n) is 6.05. The number of aromatic nitrogens is 1. The van der Waals surface area contributed by atoms with Crippen LogP contribution in [0, 0.1) is 5.82 Å². The number of amides is 3. The van der Waals surface area contributed by atoms with Crippen molar-refractivity contribution in [3.8, 4) is 0 Å². The van der Waals surface area contributed by atoms with E-state index in [4.69, 9.17) is 11.6 Å². The third-order valence-corrected chi connectivity index (χ3v) is 5.95.